The van der Waals surface area contributed by atoms with Crippen LogP contribution in [0.3, 0.4) is 0 Å². The Kier molecular flexibility index (Phi) is 3.53. The number of rotatable bonds is 3. The summed E-state index contributed by atoms with van der Waals surface area (Å²) in [6, 6.07) is 1.29. The van der Waals surface area contributed by atoms with Crippen molar-refractivity contribution in [2.24, 2.45) is 0 Å². The van der Waals surface area contributed by atoms with Crippen LogP contribution in [0.15, 0.2) is 0 Å². The minimum atomic E-state index is 0.585. The molecule has 4 nitrogen and oxygen atoms in total. The maximum atomic E-state index is 4.32. The third kappa shape index (κ3) is 2.89. The largest absolute Gasteiger partial charge is 0.358 e. The molecule has 1 fully saturated rings. The number of hydrogen-bond donors (Lipinski definition) is 2. The Balaban J connectivity index is 1.82. The first-order valence-corrected chi connectivity index (χ1v) is 6.29. The van der Waals surface area contributed by atoms with Crippen molar-refractivity contribution in [1.29, 1.82) is 0 Å². The Morgan fingerprint density at radius 1 is 1.20 bits per heavy atom. The highest BCUT2D eigenvalue weighted by molar-refractivity contribution is 7.09. The van der Waals surface area contributed by atoms with E-state index in [0.29, 0.717) is 12.1 Å². The van der Waals surface area contributed by atoms with Gasteiger partial charge in [-0.05, 0) is 39.7 Å². The van der Waals surface area contributed by atoms with Crippen LogP contribution in [-0.4, -0.2) is 28.5 Å². The van der Waals surface area contributed by atoms with Crippen molar-refractivity contribution in [3.63, 3.8) is 0 Å². The van der Waals surface area contributed by atoms with Crippen LogP contribution in [-0.2, 0) is 0 Å². The Hall–Kier alpha value is -0.680. The van der Waals surface area contributed by atoms with Crippen molar-refractivity contribution in [1.82, 2.24) is 14.7 Å². The van der Waals surface area contributed by atoms with Gasteiger partial charge in [0, 0.05) is 23.6 Å². The third-order valence-corrected chi connectivity index (χ3v) is 3.73. The molecule has 0 saturated heterocycles. The van der Waals surface area contributed by atoms with Crippen LogP contribution in [0, 0.1) is 6.92 Å². The number of nitrogens with one attached hydrogen (secondary N) is 2. The van der Waals surface area contributed by atoms with Gasteiger partial charge < -0.3 is 10.6 Å². The lowest BCUT2D eigenvalue weighted by molar-refractivity contribution is 0.371. The van der Waals surface area contributed by atoms with Gasteiger partial charge in [0.25, 0.3) is 0 Å². The normalized spacial score (nSPS) is 26.5. The first kappa shape index (κ1) is 10.8. The summed E-state index contributed by atoms with van der Waals surface area (Å²) in [6.45, 7) is 1.93. The van der Waals surface area contributed by atoms with Crippen LogP contribution in [0.4, 0.5) is 5.13 Å². The lowest BCUT2D eigenvalue weighted by atomic mass is 9.91. The first-order chi connectivity index (χ1) is 7.28. The molecule has 5 heteroatoms. The molecule has 2 N–H and O–H groups in total. The monoisotopic (exact) mass is 226 g/mol. The Bertz CT molecular complexity index is 304. The molecule has 0 amide bonds. The minimum Gasteiger partial charge on any atom is -0.358 e. The highest BCUT2D eigenvalue weighted by Gasteiger charge is 2.20. The van der Waals surface area contributed by atoms with E-state index in [9.17, 15) is 0 Å². The summed E-state index contributed by atoms with van der Waals surface area (Å²) in [5.74, 6) is 0.867. The molecule has 1 heterocycles. The van der Waals surface area contributed by atoms with Gasteiger partial charge in [0.15, 0.2) is 0 Å². The predicted octanol–water partition coefficient (Wildman–Crippen LogP) is 1.79. The molecule has 1 aromatic rings. The van der Waals surface area contributed by atoms with E-state index >= 15 is 0 Å². The molecule has 1 aromatic heterocycles. The van der Waals surface area contributed by atoms with Gasteiger partial charge in [-0.15, -0.1) is 0 Å². The van der Waals surface area contributed by atoms with Gasteiger partial charge in [0.1, 0.15) is 5.82 Å². The van der Waals surface area contributed by atoms with Crippen LogP contribution in [0.1, 0.15) is 31.5 Å². The van der Waals surface area contributed by atoms with Crippen LogP contribution in [0.5, 0.6) is 0 Å². The fourth-order valence-corrected chi connectivity index (χ4v) is 2.71. The molecule has 0 radical (unpaired) electrons. The number of aryl methyl sites for hydroxylation is 1. The van der Waals surface area contributed by atoms with Gasteiger partial charge in [-0.1, -0.05) is 0 Å². The van der Waals surface area contributed by atoms with Crippen molar-refractivity contribution in [2.75, 3.05) is 12.4 Å². The molecular weight excluding hydrogens is 208 g/mol. The van der Waals surface area contributed by atoms with Crippen LogP contribution >= 0.6 is 11.5 Å². The Morgan fingerprint density at radius 2 is 1.87 bits per heavy atom. The maximum absolute atomic E-state index is 4.32. The molecule has 0 spiro atoms. The summed E-state index contributed by atoms with van der Waals surface area (Å²) in [5, 5.41) is 7.78. The predicted molar refractivity (Wildman–Crippen MR) is 63.4 cm³/mol. The van der Waals surface area contributed by atoms with Crippen LogP contribution < -0.4 is 10.6 Å². The van der Waals surface area contributed by atoms with Crippen LogP contribution in [0.2, 0.25) is 0 Å². The SMILES string of the molecule is CNC1CCC(Nc2nc(C)ns2)CC1. The van der Waals surface area contributed by atoms with Gasteiger partial charge in [-0.25, -0.2) is 4.98 Å². The molecule has 1 saturated carbocycles. The average Bonchev–Trinajstić information content (AvgIpc) is 2.65. The average molecular weight is 226 g/mol. The van der Waals surface area contributed by atoms with Crippen molar-refractivity contribution < 1.29 is 0 Å². The van der Waals surface area contributed by atoms with E-state index in [1.54, 1.807) is 0 Å². The van der Waals surface area contributed by atoms with Crippen molar-refractivity contribution in [2.45, 2.75) is 44.7 Å². The molecule has 0 aliphatic heterocycles. The Morgan fingerprint density at radius 3 is 2.40 bits per heavy atom. The van der Waals surface area contributed by atoms with Crippen molar-refractivity contribution in [3.8, 4) is 0 Å². The molecular formula is C10H18N4S. The fourth-order valence-electron chi connectivity index (χ4n) is 2.06. The lowest BCUT2D eigenvalue weighted by Crippen LogP contribution is -2.34. The summed E-state index contributed by atoms with van der Waals surface area (Å²) < 4.78 is 4.17. The van der Waals surface area contributed by atoms with E-state index in [1.807, 2.05) is 14.0 Å². The van der Waals surface area contributed by atoms with Gasteiger partial charge in [0.2, 0.25) is 5.13 Å². The van der Waals surface area contributed by atoms with E-state index in [2.05, 4.69) is 20.0 Å². The number of nitrogens with zero attached hydrogens (tertiary/aromatic N) is 2. The molecule has 0 bridgehead atoms. The zero-order valence-electron chi connectivity index (χ0n) is 9.29. The van der Waals surface area contributed by atoms with Crippen molar-refractivity contribution >= 4 is 16.7 Å². The van der Waals surface area contributed by atoms with E-state index in [1.165, 1.54) is 37.2 Å². The summed E-state index contributed by atoms with van der Waals surface area (Å²) in [6.07, 6.45) is 4.96. The zero-order chi connectivity index (χ0) is 10.7. The summed E-state index contributed by atoms with van der Waals surface area (Å²) in [5.41, 5.74) is 0. The zero-order valence-corrected chi connectivity index (χ0v) is 10.1. The first-order valence-electron chi connectivity index (χ1n) is 5.52. The molecule has 15 heavy (non-hydrogen) atoms. The van der Waals surface area contributed by atoms with Gasteiger partial charge >= 0.3 is 0 Å². The summed E-state index contributed by atoms with van der Waals surface area (Å²) in [7, 11) is 2.05. The van der Waals surface area contributed by atoms with Gasteiger partial charge in [0.05, 0.1) is 0 Å². The van der Waals surface area contributed by atoms with Gasteiger partial charge in [-0.2, -0.15) is 4.37 Å². The van der Waals surface area contributed by atoms with E-state index in [0.717, 1.165) is 11.0 Å². The maximum Gasteiger partial charge on any atom is 0.202 e. The second kappa shape index (κ2) is 4.90. The smallest absolute Gasteiger partial charge is 0.202 e. The van der Waals surface area contributed by atoms with E-state index in [-0.39, 0.29) is 0 Å². The highest BCUT2D eigenvalue weighted by atomic mass is 32.1. The summed E-state index contributed by atoms with van der Waals surface area (Å²) >= 11 is 1.46. The lowest BCUT2D eigenvalue weighted by Gasteiger charge is -2.28. The fraction of sp³-hybridized carbons (Fsp3) is 0.800. The molecule has 1 aliphatic carbocycles. The van der Waals surface area contributed by atoms with Crippen LogP contribution in [0.25, 0.3) is 0 Å². The third-order valence-electron chi connectivity index (χ3n) is 2.99. The topological polar surface area (TPSA) is 49.8 Å². The molecule has 0 atom stereocenters. The molecule has 0 unspecified atom stereocenters. The number of hydrogen-bond acceptors (Lipinski definition) is 5. The second-order valence-electron chi connectivity index (χ2n) is 4.13. The van der Waals surface area contributed by atoms with E-state index < -0.39 is 0 Å². The standard InChI is InChI=1S/C10H18N4S/c1-7-12-10(15-14-7)13-9-5-3-8(11-2)4-6-9/h8-9,11H,3-6H2,1-2H3,(H,12,13,14). The quantitative estimate of drug-likeness (QED) is 0.825. The second-order valence-corrected chi connectivity index (χ2v) is 4.88. The molecule has 0 aromatic carbocycles. The summed E-state index contributed by atoms with van der Waals surface area (Å²) in [4.78, 5) is 4.32. The Labute approximate surface area is 94.7 Å². The number of aromatic nitrogens is 2. The number of anilines is 1. The van der Waals surface area contributed by atoms with Crippen molar-refractivity contribution in [3.05, 3.63) is 5.82 Å². The molecule has 84 valence electrons. The molecule has 2 rings (SSSR count). The highest BCUT2D eigenvalue weighted by Crippen LogP contribution is 2.22. The van der Waals surface area contributed by atoms with Gasteiger partial charge in [-0.3, -0.25) is 0 Å². The molecule has 1 aliphatic rings. The minimum absolute atomic E-state index is 0.585. The van der Waals surface area contributed by atoms with E-state index in [4.69, 9.17) is 0 Å².